The summed E-state index contributed by atoms with van der Waals surface area (Å²) >= 11 is 0. The molecule has 3 rings (SSSR count). The van der Waals surface area contributed by atoms with E-state index in [-0.39, 0.29) is 11.5 Å². The number of aliphatic imine (C=N–C) groups is 1. The van der Waals surface area contributed by atoms with E-state index in [9.17, 15) is 8.42 Å². The van der Waals surface area contributed by atoms with Crippen LogP contribution in [0.1, 0.15) is 17.5 Å². The first-order chi connectivity index (χ1) is 15.0. The summed E-state index contributed by atoms with van der Waals surface area (Å²) in [5.41, 5.74) is 3.71. The standard InChI is InChI=1S/C24H26N2O4S/c1-25-18-20-9-5-10-21(15-20)22-11-6-12-24(17-22)31(28,29)26-23(13-14-30-27)16-19-7-3-2-4-8-19/h2-12,15,17,23,26-27H,1,13-14,16,18H2/t23-/m1/s1. The van der Waals surface area contributed by atoms with E-state index < -0.39 is 16.1 Å². The zero-order chi connectivity index (χ0) is 22.1. The first-order valence-electron chi connectivity index (χ1n) is 9.96. The largest absolute Gasteiger partial charge is 0.296 e. The van der Waals surface area contributed by atoms with Crippen molar-refractivity contribution in [2.24, 2.45) is 4.99 Å². The molecular weight excluding hydrogens is 412 g/mol. The molecule has 0 bridgehead atoms. The maximum atomic E-state index is 13.1. The molecule has 0 saturated heterocycles. The summed E-state index contributed by atoms with van der Waals surface area (Å²) in [4.78, 5) is 8.28. The van der Waals surface area contributed by atoms with E-state index in [0.29, 0.717) is 19.4 Å². The highest BCUT2D eigenvalue weighted by atomic mass is 32.2. The number of sulfonamides is 1. The number of nitrogens with one attached hydrogen (secondary N) is 1. The first kappa shape index (κ1) is 22.8. The summed E-state index contributed by atoms with van der Waals surface area (Å²) in [5.74, 6) is 0. The Morgan fingerprint density at radius 3 is 2.32 bits per heavy atom. The van der Waals surface area contributed by atoms with Gasteiger partial charge < -0.3 is 0 Å². The Bertz CT molecular complexity index is 1100. The Morgan fingerprint density at radius 1 is 0.935 bits per heavy atom. The molecule has 0 fully saturated rings. The molecule has 0 spiro atoms. The molecule has 3 aromatic rings. The lowest BCUT2D eigenvalue weighted by atomic mass is 10.0. The average Bonchev–Trinajstić information content (AvgIpc) is 2.78. The Labute approximate surface area is 183 Å². The van der Waals surface area contributed by atoms with Crippen molar-refractivity contribution in [3.63, 3.8) is 0 Å². The van der Waals surface area contributed by atoms with Crippen LogP contribution >= 0.6 is 0 Å². The van der Waals surface area contributed by atoms with Gasteiger partial charge in [-0.1, -0.05) is 60.7 Å². The Hall–Kier alpha value is -2.84. The van der Waals surface area contributed by atoms with E-state index in [2.05, 4.69) is 21.3 Å². The smallest absolute Gasteiger partial charge is 0.240 e. The number of hydrogen-bond donors (Lipinski definition) is 2. The molecule has 0 unspecified atom stereocenters. The van der Waals surface area contributed by atoms with Crippen LogP contribution in [0.2, 0.25) is 0 Å². The van der Waals surface area contributed by atoms with Gasteiger partial charge in [0.2, 0.25) is 10.0 Å². The van der Waals surface area contributed by atoms with Gasteiger partial charge in [0.15, 0.2) is 0 Å². The predicted octanol–water partition coefficient (Wildman–Crippen LogP) is 4.32. The monoisotopic (exact) mass is 438 g/mol. The molecule has 3 aromatic carbocycles. The predicted molar refractivity (Wildman–Crippen MR) is 123 cm³/mol. The number of hydrogen-bond acceptors (Lipinski definition) is 5. The van der Waals surface area contributed by atoms with Crippen LogP contribution in [-0.4, -0.2) is 33.0 Å². The SMILES string of the molecule is C=NCc1cccc(-c2cccc(S(=O)(=O)N[C@H](CCOO)Cc3ccccc3)c2)c1. The summed E-state index contributed by atoms with van der Waals surface area (Å²) < 4.78 is 29.0. The molecule has 0 aliphatic heterocycles. The molecule has 0 heterocycles. The van der Waals surface area contributed by atoms with Crippen molar-refractivity contribution in [2.45, 2.75) is 30.3 Å². The minimum absolute atomic E-state index is 0.0319. The van der Waals surface area contributed by atoms with E-state index in [4.69, 9.17) is 5.26 Å². The van der Waals surface area contributed by atoms with Crippen molar-refractivity contribution >= 4 is 16.7 Å². The lowest BCUT2D eigenvalue weighted by Gasteiger charge is -2.19. The van der Waals surface area contributed by atoms with Crippen molar-refractivity contribution in [2.75, 3.05) is 6.61 Å². The maximum Gasteiger partial charge on any atom is 0.240 e. The molecule has 162 valence electrons. The Morgan fingerprint density at radius 2 is 1.61 bits per heavy atom. The van der Waals surface area contributed by atoms with Gasteiger partial charge in [-0.2, -0.15) is 0 Å². The fourth-order valence-corrected chi connectivity index (χ4v) is 4.72. The quantitative estimate of drug-likeness (QED) is 0.265. The summed E-state index contributed by atoms with van der Waals surface area (Å²) in [5, 5.41) is 8.73. The van der Waals surface area contributed by atoms with Gasteiger partial charge in [0.05, 0.1) is 18.0 Å². The van der Waals surface area contributed by atoms with Crippen molar-refractivity contribution in [3.8, 4) is 11.1 Å². The summed E-state index contributed by atoms with van der Waals surface area (Å²) in [6, 6.07) is 23.8. The van der Waals surface area contributed by atoms with Crippen LogP contribution in [0.3, 0.4) is 0 Å². The number of benzene rings is 3. The second-order valence-corrected chi connectivity index (χ2v) is 8.95. The lowest BCUT2D eigenvalue weighted by molar-refractivity contribution is -0.243. The van der Waals surface area contributed by atoms with Gasteiger partial charge in [-0.05, 0) is 60.0 Å². The first-order valence-corrected chi connectivity index (χ1v) is 11.4. The van der Waals surface area contributed by atoms with Gasteiger partial charge >= 0.3 is 0 Å². The summed E-state index contributed by atoms with van der Waals surface area (Å²) in [7, 11) is -3.78. The van der Waals surface area contributed by atoms with Gasteiger partial charge in [-0.3, -0.25) is 10.2 Å². The molecule has 0 saturated carbocycles. The van der Waals surface area contributed by atoms with Crippen LogP contribution in [-0.2, 0) is 27.9 Å². The van der Waals surface area contributed by atoms with Crippen molar-refractivity contribution in [1.82, 2.24) is 4.72 Å². The van der Waals surface area contributed by atoms with Crippen LogP contribution in [0.25, 0.3) is 11.1 Å². The summed E-state index contributed by atoms with van der Waals surface area (Å²) in [6.07, 6.45) is 0.820. The Kier molecular flexibility index (Phi) is 8.08. The molecule has 1 atom stereocenters. The van der Waals surface area contributed by atoms with E-state index in [1.165, 1.54) is 0 Å². The lowest BCUT2D eigenvalue weighted by Crippen LogP contribution is -2.37. The van der Waals surface area contributed by atoms with E-state index in [0.717, 1.165) is 22.3 Å². The van der Waals surface area contributed by atoms with Crippen LogP contribution in [0.15, 0.2) is 88.8 Å². The Balaban J connectivity index is 1.83. The van der Waals surface area contributed by atoms with Crippen molar-refractivity contribution in [3.05, 3.63) is 90.0 Å². The highest BCUT2D eigenvalue weighted by Crippen LogP contribution is 2.24. The van der Waals surface area contributed by atoms with Gasteiger partial charge in [0.25, 0.3) is 0 Å². The molecule has 0 aliphatic carbocycles. The van der Waals surface area contributed by atoms with Crippen LogP contribution in [0, 0.1) is 0 Å². The summed E-state index contributed by atoms with van der Waals surface area (Å²) in [6.45, 7) is 4.05. The average molecular weight is 439 g/mol. The van der Waals surface area contributed by atoms with Gasteiger partial charge in [-0.25, -0.2) is 18.0 Å². The van der Waals surface area contributed by atoms with Gasteiger partial charge in [0.1, 0.15) is 0 Å². The highest BCUT2D eigenvalue weighted by molar-refractivity contribution is 7.89. The topological polar surface area (TPSA) is 88.0 Å². The van der Waals surface area contributed by atoms with Gasteiger partial charge in [0, 0.05) is 6.04 Å². The third-order valence-electron chi connectivity index (χ3n) is 4.90. The van der Waals surface area contributed by atoms with E-state index in [1.807, 2.05) is 60.7 Å². The molecule has 0 radical (unpaired) electrons. The minimum atomic E-state index is -3.78. The molecule has 31 heavy (non-hydrogen) atoms. The zero-order valence-electron chi connectivity index (χ0n) is 17.1. The number of nitrogens with zero attached hydrogens (tertiary/aromatic N) is 1. The van der Waals surface area contributed by atoms with E-state index >= 15 is 0 Å². The fourth-order valence-electron chi connectivity index (χ4n) is 3.40. The molecule has 7 heteroatoms. The maximum absolute atomic E-state index is 13.1. The second kappa shape index (κ2) is 11.0. The molecule has 6 nitrogen and oxygen atoms in total. The van der Waals surface area contributed by atoms with E-state index in [1.54, 1.807) is 18.2 Å². The third-order valence-corrected chi connectivity index (χ3v) is 6.42. The zero-order valence-corrected chi connectivity index (χ0v) is 18.0. The molecule has 0 aliphatic rings. The van der Waals surface area contributed by atoms with Gasteiger partial charge in [-0.15, -0.1) is 0 Å². The third kappa shape index (κ3) is 6.57. The molecule has 0 aromatic heterocycles. The molecule has 0 amide bonds. The molecular formula is C24H26N2O4S. The number of rotatable bonds is 11. The fraction of sp³-hybridized carbons (Fsp3) is 0.208. The second-order valence-electron chi connectivity index (χ2n) is 7.24. The minimum Gasteiger partial charge on any atom is -0.296 e. The van der Waals surface area contributed by atoms with Crippen LogP contribution in [0.5, 0.6) is 0 Å². The normalized spacial score (nSPS) is 12.4. The van der Waals surface area contributed by atoms with Crippen molar-refractivity contribution < 1.29 is 18.6 Å². The highest BCUT2D eigenvalue weighted by Gasteiger charge is 2.21. The van der Waals surface area contributed by atoms with Crippen molar-refractivity contribution in [1.29, 1.82) is 0 Å². The van der Waals surface area contributed by atoms with Crippen LogP contribution in [0.4, 0.5) is 0 Å². The van der Waals surface area contributed by atoms with Crippen LogP contribution < -0.4 is 4.72 Å². The molecule has 2 N–H and O–H groups in total.